The Morgan fingerprint density at radius 1 is 1.11 bits per heavy atom. The summed E-state index contributed by atoms with van der Waals surface area (Å²) in [6.45, 7) is 4.35. The predicted molar refractivity (Wildman–Crippen MR) is 105 cm³/mol. The largest absolute Gasteiger partial charge is 0.445 e. The van der Waals surface area contributed by atoms with E-state index in [1.807, 2.05) is 42.5 Å². The molecule has 0 aromatic heterocycles. The minimum Gasteiger partial charge on any atom is -0.445 e. The number of hydrogen-bond donors (Lipinski definition) is 3. The molecule has 1 aliphatic rings. The monoisotopic (exact) mass is 367 g/mol. The highest BCUT2D eigenvalue weighted by molar-refractivity contribution is 5.94. The number of carbonyl (C=O) groups excluding carboxylic acids is 2. The van der Waals surface area contributed by atoms with Crippen LogP contribution < -0.4 is 16.0 Å². The molecule has 142 valence electrons. The molecule has 3 atom stereocenters. The van der Waals surface area contributed by atoms with Gasteiger partial charge in [-0.15, -0.1) is 0 Å². The van der Waals surface area contributed by atoms with Crippen LogP contribution in [0.15, 0.2) is 48.5 Å². The second kappa shape index (κ2) is 8.12. The first-order valence-electron chi connectivity index (χ1n) is 9.09. The summed E-state index contributed by atoms with van der Waals surface area (Å²) in [5, 5.41) is 9.04. The van der Waals surface area contributed by atoms with Crippen molar-refractivity contribution in [2.75, 3.05) is 12.4 Å². The molecule has 27 heavy (non-hydrogen) atoms. The molecule has 0 saturated carbocycles. The number of rotatable bonds is 4. The summed E-state index contributed by atoms with van der Waals surface area (Å²) in [6.07, 6.45) is -0.471. The Morgan fingerprint density at radius 3 is 2.56 bits per heavy atom. The van der Waals surface area contributed by atoms with E-state index in [4.69, 9.17) is 4.74 Å². The predicted octanol–water partition coefficient (Wildman–Crippen LogP) is 3.46. The van der Waals surface area contributed by atoms with E-state index >= 15 is 0 Å². The molecule has 0 spiro atoms. The van der Waals surface area contributed by atoms with Gasteiger partial charge in [0.2, 0.25) is 0 Å². The number of nitrogens with one attached hydrogen (secondary N) is 3. The number of fused-ring (bicyclic) bond motifs is 1. The quantitative estimate of drug-likeness (QED) is 0.773. The number of hydrogen-bond acceptors (Lipinski definition) is 4. The van der Waals surface area contributed by atoms with E-state index in [1.54, 1.807) is 13.1 Å². The maximum absolute atomic E-state index is 12.4. The molecule has 0 radical (unpaired) electrons. The van der Waals surface area contributed by atoms with Crippen molar-refractivity contribution in [1.82, 2.24) is 10.6 Å². The standard InChI is InChI=1S/C21H25N3O3/c1-13-14(2)23-18-10-9-16(20(25)22-3)11-17(18)19(13)24-21(26)27-12-15-7-5-4-6-8-15/h4-11,13-14,19,23H,12H2,1-3H3,(H,22,25)(H,24,26)/t13-,14-,19?/m0/s1. The maximum Gasteiger partial charge on any atom is 0.407 e. The number of alkyl carbamates (subject to hydrolysis) is 1. The van der Waals surface area contributed by atoms with Crippen LogP contribution in [-0.4, -0.2) is 25.1 Å². The van der Waals surface area contributed by atoms with Gasteiger partial charge in [-0.05, 0) is 36.2 Å². The number of amides is 2. The van der Waals surface area contributed by atoms with Crippen LogP contribution in [0, 0.1) is 5.92 Å². The van der Waals surface area contributed by atoms with Gasteiger partial charge in [-0.2, -0.15) is 0 Å². The van der Waals surface area contributed by atoms with Crippen molar-refractivity contribution >= 4 is 17.7 Å². The average molecular weight is 367 g/mol. The molecule has 0 saturated heterocycles. The first-order valence-corrected chi connectivity index (χ1v) is 9.09. The van der Waals surface area contributed by atoms with Crippen molar-refractivity contribution in [2.45, 2.75) is 32.5 Å². The number of carbonyl (C=O) groups is 2. The molecule has 3 N–H and O–H groups in total. The summed E-state index contributed by atoms with van der Waals surface area (Å²) in [5.74, 6) is -0.0313. The van der Waals surface area contributed by atoms with Crippen molar-refractivity contribution in [3.8, 4) is 0 Å². The van der Waals surface area contributed by atoms with Gasteiger partial charge < -0.3 is 20.7 Å². The third kappa shape index (κ3) is 4.22. The average Bonchev–Trinajstić information content (AvgIpc) is 2.69. The zero-order chi connectivity index (χ0) is 19.4. The molecule has 0 bridgehead atoms. The van der Waals surface area contributed by atoms with Gasteiger partial charge in [0, 0.05) is 30.3 Å². The highest BCUT2D eigenvalue weighted by Crippen LogP contribution is 2.37. The molecule has 0 fully saturated rings. The third-order valence-corrected chi connectivity index (χ3v) is 5.06. The highest BCUT2D eigenvalue weighted by Gasteiger charge is 2.33. The summed E-state index contributed by atoms with van der Waals surface area (Å²) in [7, 11) is 1.60. The number of ether oxygens (including phenoxy) is 1. The Bertz CT molecular complexity index is 823. The Kier molecular flexibility index (Phi) is 5.64. The summed E-state index contributed by atoms with van der Waals surface area (Å²) < 4.78 is 5.38. The lowest BCUT2D eigenvalue weighted by Gasteiger charge is -2.37. The highest BCUT2D eigenvalue weighted by atomic mass is 16.5. The normalized spacial score (nSPS) is 20.8. The van der Waals surface area contributed by atoms with Crippen LogP contribution in [0.4, 0.5) is 10.5 Å². The molecular weight excluding hydrogens is 342 g/mol. The summed E-state index contributed by atoms with van der Waals surface area (Å²) >= 11 is 0. The van der Waals surface area contributed by atoms with Crippen LogP contribution in [0.3, 0.4) is 0 Å². The van der Waals surface area contributed by atoms with Crippen LogP contribution in [-0.2, 0) is 11.3 Å². The summed E-state index contributed by atoms with van der Waals surface area (Å²) in [6, 6.07) is 15.0. The SMILES string of the molecule is CNC(=O)c1ccc2c(c1)C(NC(=O)OCc1ccccc1)[C@@H](C)[C@H](C)N2. The lowest BCUT2D eigenvalue weighted by atomic mass is 9.84. The molecule has 1 unspecified atom stereocenters. The van der Waals surface area contributed by atoms with Gasteiger partial charge in [-0.25, -0.2) is 4.79 Å². The molecule has 6 heteroatoms. The Balaban J connectivity index is 1.77. The van der Waals surface area contributed by atoms with Crippen molar-refractivity contribution < 1.29 is 14.3 Å². The molecule has 2 amide bonds. The molecule has 0 aliphatic carbocycles. The minimum absolute atomic E-state index is 0.127. The van der Waals surface area contributed by atoms with Gasteiger partial charge in [0.1, 0.15) is 6.61 Å². The number of benzene rings is 2. The molecule has 1 heterocycles. The van der Waals surface area contributed by atoms with E-state index in [2.05, 4.69) is 29.8 Å². The van der Waals surface area contributed by atoms with Gasteiger partial charge in [0.15, 0.2) is 0 Å². The Morgan fingerprint density at radius 2 is 1.85 bits per heavy atom. The smallest absolute Gasteiger partial charge is 0.407 e. The van der Waals surface area contributed by atoms with E-state index in [0.717, 1.165) is 16.8 Å². The molecule has 2 aromatic carbocycles. The lowest BCUT2D eigenvalue weighted by molar-refractivity contribution is 0.0963. The molecular formula is C21H25N3O3. The maximum atomic E-state index is 12.4. The van der Waals surface area contributed by atoms with Gasteiger partial charge in [-0.1, -0.05) is 37.3 Å². The van der Waals surface area contributed by atoms with Crippen LogP contribution in [0.5, 0.6) is 0 Å². The molecule has 1 aliphatic heterocycles. The Labute approximate surface area is 159 Å². The van der Waals surface area contributed by atoms with Crippen LogP contribution in [0.2, 0.25) is 0 Å². The van der Waals surface area contributed by atoms with E-state index in [1.165, 1.54) is 0 Å². The Hall–Kier alpha value is -3.02. The fourth-order valence-electron chi connectivity index (χ4n) is 3.29. The minimum atomic E-state index is -0.471. The van der Waals surface area contributed by atoms with Crippen molar-refractivity contribution in [3.63, 3.8) is 0 Å². The summed E-state index contributed by atoms with van der Waals surface area (Å²) in [4.78, 5) is 24.4. The lowest BCUT2D eigenvalue weighted by Crippen LogP contribution is -2.43. The zero-order valence-corrected chi connectivity index (χ0v) is 15.8. The van der Waals surface area contributed by atoms with Crippen LogP contribution in [0.25, 0.3) is 0 Å². The molecule has 2 aromatic rings. The van der Waals surface area contributed by atoms with Crippen LogP contribution in [0.1, 0.15) is 41.4 Å². The van der Waals surface area contributed by atoms with E-state index in [9.17, 15) is 9.59 Å². The first kappa shape index (κ1) is 18.8. The fourth-order valence-corrected chi connectivity index (χ4v) is 3.29. The molecule has 6 nitrogen and oxygen atoms in total. The van der Waals surface area contributed by atoms with Crippen molar-refractivity contribution in [3.05, 3.63) is 65.2 Å². The summed E-state index contributed by atoms with van der Waals surface area (Å²) in [5.41, 5.74) is 3.30. The number of anilines is 1. The van der Waals surface area contributed by atoms with Gasteiger partial charge in [-0.3, -0.25) is 4.79 Å². The van der Waals surface area contributed by atoms with Gasteiger partial charge >= 0.3 is 6.09 Å². The fraction of sp³-hybridized carbons (Fsp3) is 0.333. The van der Waals surface area contributed by atoms with Crippen molar-refractivity contribution in [2.24, 2.45) is 5.92 Å². The van der Waals surface area contributed by atoms with Crippen molar-refractivity contribution in [1.29, 1.82) is 0 Å². The zero-order valence-electron chi connectivity index (χ0n) is 15.8. The topological polar surface area (TPSA) is 79.5 Å². The van der Waals surface area contributed by atoms with Gasteiger partial charge in [0.05, 0.1) is 6.04 Å². The second-order valence-corrected chi connectivity index (χ2v) is 6.86. The van der Waals surface area contributed by atoms with Crippen LogP contribution >= 0.6 is 0 Å². The van der Waals surface area contributed by atoms with Gasteiger partial charge in [0.25, 0.3) is 5.91 Å². The van der Waals surface area contributed by atoms with E-state index < -0.39 is 6.09 Å². The first-order chi connectivity index (χ1) is 13.0. The second-order valence-electron chi connectivity index (χ2n) is 6.86. The third-order valence-electron chi connectivity index (χ3n) is 5.06. The van der Waals surface area contributed by atoms with E-state index in [-0.39, 0.29) is 30.5 Å². The van der Waals surface area contributed by atoms with E-state index in [0.29, 0.717) is 5.56 Å². The molecule has 3 rings (SSSR count).